The summed E-state index contributed by atoms with van der Waals surface area (Å²) in [4.78, 5) is 6.05. The molecule has 0 bridgehead atoms. The molecule has 0 aromatic carbocycles. The third-order valence-electron chi connectivity index (χ3n) is 2.51. The molecule has 1 aromatic heterocycles. The first-order valence-electron chi connectivity index (χ1n) is 5.27. The predicted molar refractivity (Wildman–Crippen MR) is 64.1 cm³/mol. The third kappa shape index (κ3) is 2.52. The van der Waals surface area contributed by atoms with Gasteiger partial charge in [-0.3, -0.25) is 0 Å². The fraction of sp³-hybridized carbons (Fsp3) is 0.545. The number of pyridine rings is 1. The van der Waals surface area contributed by atoms with Gasteiger partial charge in [0.25, 0.3) is 0 Å². The van der Waals surface area contributed by atoms with E-state index in [4.69, 9.17) is 4.74 Å². The Morgan fingerprint density at radius 1 is 1.44 bits per heavy atom. The average molecular weight is 289 g/mol. The van der Waals surface area contributed by atoms with Crippen molar-refractivity contribution in [2.75, 3.05) is 18.0 Å². The van der Waals surface area contributed by atoms with Gasteiger partial charge in [-0.2, -0.15) is 0 Å². The van der Waals surface area contributed by atoms with Crippen LogP contribution in [0.1, 0.15) is 13.8 Å². The Labute approximate surface area is 103 Å². The molecule has 2 atom stereocenters. The molecular weight excluding hydrogens is 275 g/mol. The van der Waals surface area contributed by atoms with Gasteiger partial charge in [0.05, 0.1) is 12.2 Å². The molecule has 88 valence electrons. The summed E-state index contributed by atoms with van der Waals surface area (Å²) in [5, 5.41) is 0. The van der Waals surface area contributed by atoms with Crippen molar-refractivity contribution in [1.29, 1.82) is 0 Å². The summed E-state index contributed by atoms with van der Waals surface area (Å²) >= 11 is 3.20. The molecule has 1 aromatic rings. The molecule has 0 N–H and O–H groups in total. The van der Waals surface area contributed by atoms with E-state index in [0.717, 1.165) is 0 Å². The molecule has 2 rings (SSSR count). The summed E-state index contributed by atoms with van der Waals surface area (Å²) in [7, 11) is 0. The minimum Gasteiger partial charge on any atom is -0.372 e. The van der Waals surface area contributed by atoms with E-state index in [2.05, 4.69) is 20.9 Å². The summed E-state index contributed by atoms with van der Waals surface area (Å²) in [6, 6.07) is 1.44. The van der Waals surface area contributed by atoms with E-state index in [9.17, 15) is 4.39 Å². The zero-order valence-electron chi connectivity index (χ0n) is 9.28. The first-order valence-corrected chi connectivity index (χ1v) is 6.07. The van der Waals surface area contributed by atoms with Gasteiger partial charge >= 0.3 is 0 Å². The number of rotatable bonds is 1. The fourth-order valence-electron chi connectivity index (χ4n) is 1.99. The van der Waals surface area contributed by atoms with E-state index in [1.807, 2.05) is 18.7 Å². The van der Waals surface area contributed by atoms with Gasteiger partial charge in [-0.05, 0) is 35.8 Å². The zero-order chi connectivity index (χ0) is 11.7. The molecule has 1 aliphatic heterocycles. The lowest BCUT2D eigenvalue weighted by molar-refractivity contribution is -0.00565. The molecule has 0 aliphatic carbocycles. The van der Waals surface area contributed by atoms with Crippen LogP contribution >= 0.6 is 15.9 Å². The van der Waals surface area contributed by atoms with Gasteiger partial charge in [-0.15, -0.1) is 0 Å². The predicted octanol–water partition coefficient (Wildman–Crippen LogP) is 2.60. The molecule has 1 saturated heterocycles. The molecule has 2 unspecified atom stereocenters. The fourth-order valence-corrected chi connectivity index (χ4v) is 2.29. The van der Waals surface area contributed by atoms with Crippen LogP contribution in [0.25, 0.3) is 0 Å². The van der Waals surface area contributed by atoms with Crippen LogP contribution in [-0.4, -0.2) is 30.3 Å². The van der Waals surface area contributed by atoms with Crippen LogP contribution in [0.15, 0.2) is 16.7 Å². The first kappa shape index (κ1) is 11.8. The van der Waals surface area contributed by atoms with Gasteiger partial charge in [-0.25, -0.2) is 9.37 Å². The van der Waals surface area contributed by atoms with E-state index in [1.165, 1.54) is 6.07 Å². The van der Waals surface area contributed by atoms with Crippen molar-refractivity contribution in [2.24, 2.45) is 0 Å². The lowest BCUT2D eigenvalue weighted by Gasteiger charge is -2.36. The lowest BCUT2D eigenvalue weighted by atomic mass is 10.2. The maximum Gasteiger partial charge on any atom is 0.166 e. The highest BCUT2D eigenvalue weighted by molar-refractivity contribution is 9.10. The smallest absolute Gasteiger partial charge is 0.166 e. The minimum atomic E-state index is -0.296. The molecular formula is C11H14BrFN2O. The molecule has 0 radical (unpaired) electrons. The van der Waals surface area contributed by atoms with E-state index < -0.39 is 0 Å². The summed E-state index contributed by atoms with van der Waals surface area (Å²) < 4.78 is 20.0. The highest BCUT2D eigenvalue weighted by Crippen LogP contribution is 2.23. The maximum absolute atomic E-state index is 13.7. The number of hydrogen-bond acceptors (Lipinski definition) is 3. The van der Waals surface area contributed by atoms with E-state index >= 15 is 0 Å². The average Bonchev–Trinajstić information content (AvgIpc) is 2.15. The van der Waals surface area contributed by atoms with Crippen molar-refractivity contribution in [1.82, 2.24) is 4.98 Å². The first-order chi connectivity index (χ1) is 7.56. The Bertz CT molecular complexity index is 378. The van der Waals surface area contributed by atoms with E-state index in [0.29, 0.717) is 23.4 Å². The summed E-state index contributed by atoms with van der Waals surface area (Å²) in [6.45, 7) is 5.32. The Morgan fingerprint density at radius 3 is 2.62 bits per heavy atom. The van der Waals surface area contributed by atoms with Gasteiger partial charge in [0.15, 0.2) is 11.6 Å². The number of aromatic nitrogens is 1. The second-order valence-corrected chi connectivity index (χ2v) is 5.04. The van der Waals surface area contributed by atoms with Gasteiger partial charge in [0.1, 0.15) is 0 Å². The number of ether oxygens (including phenoxy) is 1. The Hall–Kier alpha value is -0.680. The van der Waals surface area contributed by atoms with Crippen LogP contribution < -0.4 is 4.90 Å². The largest absolute Gasteiger partial charge is 0.372 e. The SMILES string of the molecule is CC1CN(c2ncc(Br)cc2F)CC(C)O1. The van der Waals surface area contributed by atoms with Crippen molar-refractivity contribution in [3.8, 4) is 0 Å². The van der Waals surface area contributed by atoms with E-state index in [1.54, 1.807) is 6.20 Å². The number of anilines is 1. The molecule has 5 heteroatoms. The van der Waals surface area contributed by atoms with Gasteiger partial charge in [0, 0.05) is 23.8 Å². The van der Waals surface area contributed by atoms with Crippen LogP contribution in [0.2, 0.25) is 0 Å². The van der Waals surface area contributed by atoms with Crippen LogP contribution in [0.4, 0.5) is 10.2 Å². The molecule has 2 heterocycles. The third-order valence-corrected chi connectivity index (χ3v) is 2.94. The summed E-state index contributed by atoms with van der Waals surface area (Å²) in [5.41, 5.74) is 0. The number of halogens is 2. The van der Waals surface area contributed by atoms with Gasteiger partial charge in [0.2, 0.25) is 0 Å². The van der Waals surface area contributed by atoms with Crippen molar-refractivity contribution in [3.63, 3.8) is 0 Å². The molecule has 1 fully saturated rings. The van der Waals surface area contributed by atoms with Crippen molar-refractivity contribution in [2.45, 2.75) is 26.1 Å². The quantitative estimate of drug-likeness (QED) is 0.794. The molecule has 0 saturated carbocycles. The topological polar surface area (TPSA) is 25.4 Å². The minimum absolute atomic E-state index is 0.105. The highest BCUT2D eigenvalue weighted by atomic mass is 79.9. The Kier molecular flexibility index (Phi) is 3.44. The second-order valence-electron chi connectivity index (χ2n) is 4.12. The van der Waals surface area contributed by atoms with Crippen LogP contribution in [-0.2, 0) is 4.74 Å². The molecule has 0 amide bonds. The van der Waals surface area contributed by atoms with Crippen molar-refractivity contribution >= 4 is 21.7 Å². The van der Waals surface area contributed by atoms with Crippen LogP contribution in [0.3, 0.4) is 0 Å². The molecule has 16 heavy (non-hydrogen) atoms. The highest BCUT2D eigenvalue weighted by Gasteiger charge is 2.25. The van der Waals surface area contributed by atoms with E-state index in [-0.39, 0.29) is 18.0 Å². The maximum atomic E-state index is 13.7. The standard InChI is InChI=1S/C11H14BrFN2O/c1-7-5-15(6-8(2)16-7)11-10(13)3-9(12)4-14-11/h3-4,7-8H,5-6H2,1-2H3. The van der Waals surface area contributed by atoms with Crippen LogP contribution in [0.5, 0.6) is 0 Å². The number of nitrogens with zero attached hydrogens (tertiary/aromatic N) is 2. The zero-order valence-corrected chi connectivity index (χ0v) is 10.9. The normalized spacial score (nSPS) is 25.9. The lowest BCUT2D eigenvalue weighted by Crippen LogP contribution is -2.46. The number of hydrogen-bond donors (Lipinski definition) is 0. The molecule has 0 spiro atoms. The second kappa shape index (κ2) is 4.67. The summed E-state index contributed by atoms with van der Waals surface area (Å²) in [6.07, 6.45) is 1.82. The molecule has 1 aliphatic rings. The number of morpholine rings is 1. The molecule has 3 nitrogen and oxygen atoms in total. The van der Waals surface area contributed by atoms with Crippen molar-refractivity contribution in [3.05, 3.63) is 22.6 Å². The van der Waals surface area contributed by atoms with Gasteiger partial charge in [-0.1, -0.05) is 0 Å². The van der Waals surface area contributed by atoms with Crippen LogP contribution in [0, 0.1) is 5.82 Å². The van der Waals surface area contributed by atoms with Gasteiger partial charge < -0.3 is 9.64 Å². The summed E-state index contributed by atoms with van der Waals surface area (Å²) in [5.74, 6) is 0.112. The van der Waals surface area contributed by atoms with Crippen molar-refractivity contribution < 1.29 is 9.13 Å². The Morgan fingerprint density at radius 2 is 2.06 bits per heavy atom. The monoisotopic (exact) mass is 288 g/mol. The Balaban J connectivity index is 2.23.